The van der Waals surface area contributed by atoms with Crippen LogP contribution in [0.3, 0.4) is 0 Å². The number of ether oxygens (including phenoxy) is 5. The average molecular weight is 489 g/mol. The number of H-pyrrole nitrogens is 1. The fourth-order valence-electron chi connectivity index (χ4n) is 3.20. The smallest absolute Gasteiger partial charge is 0.348 e. The predicted molar refractivity (Wildman–Crippen MR) is 126 cm³/mol. The average Bonchev–Trinajstić information content (AvgIpc) is 3.17. The van der Waals surface area contributed by atoms with Crippen LogP contribution in [0.4, 0.5) is 0 Å². The summed E-state index contributed by atoms with van der Waals surface area (Å²) in [6, 6.07) is 3.36. The van der Waals surface area contributed by atoms with Gasteiger partial charge in [-0.1, -0.05) is 0 Å². The van der Waals surface area contributed by atoms with Crippen LogP contribution >= 0.6 is 11.3 Å². The van der Waals surface area contributed by atoms with Crippen LogP contribution in [0.15, 0.2) is 23.0 Å². The van der Waals surface area contributed by atoms with Crippen LogP contribution in [0.1, 0.15) is 33.5 Å². The Morgan fingerprint density at radius 3 is 2.35 bits per heavy atom. The number of rotatable bonds is 9. The third-order valence-electron chi connectivity index (χ3n) is 4.76. The van der Waals surface area contributed by atoms with Gasteiger partial charge in [0.2, 0.25) is 5.75 Å². The fourth-order valence-corrected chi connectivity index (χ4v) is 4.29. The van der Waals surface area contributed by atoms with Gasteiger partial charge in [-0.05, 0) is 43.2 Å². The second kappa shape index (κ2) is 10.8. The number of methoxy groups -OCH3 is 3. The molecule has 0 bridgehead atoms. The van der Waals surface area contributed by atoms with E-state index in [9.17, 15) is 14.4 Å². The topological polar surface area (TPSA) is 126 Å². The highest BCUT2D eigenvalue weighted by Crippen LogP contribution is 2.38. The first-order chi connectivity index (χ1) is 16.3. The molecule has 0 spiro atoms. The molecule has 1 aromatic carbocycles. The number of benzene rings is 1. The maximum absolute atomic E-state index is 12.5. The van der Waals surface area contributed by atoms with Crippen molar-refractivity contribution in [1.82, 2.24) is 9.97 Å². The summed E-state index contributed by atoms with van der Waals surface area (Å²) in [6.07, 6.45) is 2.76. The molecule has 1 N–H and O–H groups in total. The van der Waals surface area contributed by atoms with Gasteiger partial charge in [-0.25, -0.2) is 14.6 Å². The van der Waals surface area contributed by atoms with E-state index in [1.807, 2.05) is 0 Å². The van der Waals surface area contributed by atoms with E-state index in [4.69, 9.17) is 23.7 Å². The summed E-state index contributed by atoms with van der Waals surface area (Å²) in [5, 5.41) is 0.311. The molecule has 10 nitrogen and oxygen atoms in total. The fraction of sp³-hybridized carbons (Fsp3) is 0.304. The molecule has 3 rings (SSSR count). The maximum atomic E-state index is 12.5. The Balaban J connectivity index is 1.75. The normalized spacial score (nSPS) is 11.0. The van der Waals surface area contributed by atoms with Crippen molar-refractivity contribution in [3.8, 4) is 17.2 Å². The summed E-state index contributed by atoms with van der Waals surface area (Å²) in [4.78, 5) is 44.4. The number of hydrogen-bond donors (Lipinski definition) is 1. The first-order valence-electron chi connectivity index (χ1n) is 10.2. The molecule has 2 aromatic heterocycles. The molecule has 0 saturated carbocycles. The van der Waals surface area contributed by atoms with Crippen LogP contribution < -0.4 is 19.8 Å². The van der Waals surface area contributed by atoms with Gasteiger partial charge in [0.15, 0.2) is 11.5 Å². The minimum atomic E-state index is -0.647. The van der Waals surface area contributed by atoms with Gasteiger partial charge in [-0.15, -0.1) is 11.3 Å². The van der Waals surface area contributed by atoms with Crippen LogP contribution in [0.25, 0.3) is 16.3 Å². The molecule has 0 unspecified atom stereocenters. The summed E-state index contributed by atoms with van der Waals surface area (Å²) in [6.45, 7) is 3.33. The highest BCUT2D eigenvalue weighted by Gasteiger charge is 2.20. The molecule has 34 heavy (non-hydrogen) atoms. The van der Waals surface area contributed by atoms with Gasteiger partial charge in [0, 0.05) is 6.08 Å². The van der Waals surface area contributed by atoms with Gasteiger partial charge in [-0.3, -0.25) is 4.79 Å². The first-order valence-corrected chi connectivity index (χ1v) is 11.0. The molecule has 11 heteroatoms. The highest BCUT2D eigenvalue weighted by atomic mass is 32.1. The van der Waals surface area contributed by atoms with E-state index in [1.54, 1.807) is 26.0 Å². The van der Waals surface area contributed by atoms with Crippen molar-refractivity contribution >= 4 is 39.6 Å². The van der Waals surface area contributed by atoms with Crippen LogP contribution in [-0.4, -0.2) is 49.8 Å². The standard InChI is InChI=1S/C23H24N2O8S/c1-6-32-23(28)20-12(2)18-21(27)24-16(25-22(18)34-20)11-33-17(26)8-7-13-9-14(29-3)19(31-5)15(10-13)30-4/h7-10H,6,11H2,1-5H3,(H,24,25,27). The maximum Gasteiger partial charge on any atom is 0.348 e. The van der Waals surface area contributed by atoms with E-state index in [2.05, 4.69) is 9.97 Å². The molecule has 0 atom stereocenters. The van der Waals surface area contributed by atoms with Gasteiger partial charge in [0.25, 0.3) is 5.56 Å². The second-order valence-corrected chi connectivity index (χ2v) is 7.87. The van der Waals surface area contributed by atoms with Crippen LogP contribution in [0, 0.1) is 6.92 Å². The third kappa shape index (κ3) is 5.20. The zero-order valence-corrected chi connectivity index (χ0v) is 20.2. The largest absolute Gasteiger partial charge is 0.493 e. The number of nitrogens with zero attached hydrogens (tertiary/aromatic N) is 1. The van der Waals surface area contributed by atoms with Crippen LogP contribution in [0.5, 0.6) is 17.2 Å². The first kappa shape index (κ1) is 24.8. The highest BCUT2D eigenvalue weighted by molar-refractivity contribution is 7.20. The second-order valence-electron chi connectivity index (χ2n) is 6.87. The molecular weight excluding hydrogens is 464 g/mol. The molecule has 2 heterocycles. The van der Waals surface area contributed by atoms with Crippen molar-refractivity contribution in [1.29, 1.82) is 0 Å². The lowest BCUT2D eigenvalue weighted by Gasteiger charge is -2.12. The molecule has 0 radical (unpaired) electrons. The number of esters is 2. The number of nitrogens with one attached hydrogen (secondary N) is 1. The van der Waals surface area contributed by atoms with Gasteiger partial charge in [-0.2, -0.15) is 0 Å². The van der Waals surface area contributed by atoms with Crippen molar-refractivity contribution < 1.29 is 33.3 Å². The zero-order valence-electron chi connectivity index (χ0n) is 19.3. The summed E-state index contributed by atoms with van der Waals surface area (Å²) in [5.74, 6) is 0.323. The number of thiophene rings is 1. The van der Waals surface area contributed by atoms with Crippen LogP contribution in [-0.2, 0) is 20.9 Å². The van der Waals surface area contributed by atoms with Gasteiger partial charge in [0.05, 0.1) is 33.3 Å². The number of fused-ring (bicyclic) bond motifs is 1. The van der Waals surface area contributed by atoms with Gasteiger partial charge >= 0.3 is 11.9 Å². The number of carbonyl (C=O) groups excluding carboxylic acids is 2. The van der Waals surface area contributed by atoms with Crippen molar-refractivity contribution in [3.05, 3.63) is 50.4 Å². The predicted octanol–water partition coefficient (Wildman–Crippen LogP) is 3.25. The number of aryl methyl sites for hydroxylation is 1. The van der Waals surface area contributed by atoms with E-state index in [0.717, 1.165) is 11.3 Å². The Bertz CT molecular complexity index is 1280. The quantitative estimate of drug-likeness (QED) is 0.357. The molecule has 0 aliphatic rings. The van der Waals surface area contributed by atoms with Gasteiger partial charge < -0.3 is 28.7 Å². The summed E-state index contributed by atoms with van der Waals surface area (Å²) >= 11 is 1.06. The number of carbonyl (C=O) groups is 2. The van der Waals surface area contributed by atoms with E-state index >= 15 is 0 Å². The van der Waals surface area contributed by atoms with Crippen LogP contribution in [0.2, 0.25) is 0 Å². The lowest BCUT2D eigenvalue weighted by molar-refractivity contribution is -0.139. The summed E-state index contributed by atoms with van der Waals surface area (Å²) in [5.41, 5.74) is 0.706. The Hall–Kier alpha value is -3.86. The molecule has 3 aromatic rings. The minimum absolute atomic E-state index is 0.156. The minimum Gasteiger partial charge on any atom is -0.493 e. The SMILES string of the molecule is CCOC(=O)c1sc2nc(COC(=O)C=Cc3cc(OC)c(OC)c(OC)c3)[nH]c(=O)c2c1C. The lowest BCUT2D eigenvalue weighted by Crippen LogP contribution is -2.13. The lowest BCUT2D eigenvalue weighted by atomic mass is 10.1. The van der Waals surface area contributed by atoms with Crippen molar-refractivity contribution in [2.24, 2.45) is 0 Å². The molecule has 0 saturated heterocycles. The van der Waals surface area contributed by atoms with E-state index < -0.39 is 17.5 Å². The van der Waals surface area contributed by atoms with E-state index in [1.165, 1.54) is 33.5 Å². The molecule has 0 amide bonds. The molecule has 180 valence electrons. The van der Waals surface area contributed by atoms with Crippen molar-refractivity contribution in [3.63, 3.8) is 0 Å². The van der Waals surface area contributed by atoms with Gasteiger partial charge in [0.1, 0.15) is 22.1 Å². The third-order valence-corrected chi connectivity index (χ3v) is 5.93. The summed E-state index contributed by atoms with van der Waals surface area (Å²) in [7, 11) is 4.49. The monoisotopic (exact) mass is 488 g/mol. The molecule has 0 aliphatic carbocycles. The Kier molecular flexibility index (Phi) is 7.90. The number of aromatic amines is 1. The van der Waals surface area contributed by atoms with E-state index in [-0.39, 0.29) is 19.0 Å². The molecule has 0 fully saturated rings. The molecular formula is C23H24N2O8S. The zero-order chi connectivity index (χ0) is 24.8. The van der Waals surface area contributed by atoms with Crippen molar-refractivity contribution in [2.75, 3.05) is 27.9 Å². The Labute approximate surface area is 199 Å². The molecule has 0 aliphatic heterocycles. The Morgan fingerprint density at radius 2 is 1.76 bits per heavy atom. The van der Waals surface area contributed by atoms with Crippen molar-refractivity contribution in [2.45, 2.75) is 20.5 Å². The number of aromatic nitrogens is 2. The van der Waals surface area contributed by atoms with E-state index in [0.29, 0.717) is 43.5 Å². The Morgan fingerprint density at radius 1 is 1.09 bits per heavy atom. The summed E-state index contributed by atoms with van der Waals surface area (Å²) < 4.78 is 26.1. The number of hydrogen-bond acceptors (Lipinski definition) is 10.